The number of urea groups is 1. The molecule has 0 aromatic heterocycles. The number of carbonyl (C=O) groups is 2. The second-order valence-electron chi connectivity index (χ2n) is 6.35. The number of carboxylic acids is 1. The first-order chi connectivity index (χ1) is 9.90. The van der Waals surface area contributed by atoms with Gasteiger partial charge in [0.05, 0.1) is 5.92 Å². The Hall–Kier alpha value is -1.30. The summed E-state index contributed by atoms with van der Waals surface area (Å²) in [6.07, 6.45) is 3.03. The van der Waals surface area contributed by atoms with Gasteiger partial charge in [-0.3, -0.25) is 9.69 Å². The summed E-state index contributed by atoms with van der Waals surface area (Å²) in [6.45, 7) is 9.02. The number of hydrogen-bond acceptors (Lipinski definition) is 3. The van der Waals surface area contributed by atoms with Gasteiger partial charge in [0, 0.05) is 19.1 Å². The van der Waals surface area contributed by atoms with Gasteiger partial charge in [0.15, 0.2) is 0 Å². The molecule has 1 saturated heterocycles. The summed E-state index contributed by atoms with van der Waals surface area (Å²) >= 11 is 0. The minimum absolute atomic E-state index is 0.178. The van der Waals surface area contributed by atoms with E-state index in [1.165, 1.54) is 12.8 Å². The number of nitrogens with zero attached hydrogens (tertiary/aromatic N) is 1. The van der Waals surface area contributed by atoms with Crippen molar-refractivity contribution in [2.45, 2.75) is 46.1 Å². The SMILES string of the molecule is CC(C)CC(CNC(=O)NCC(C)N1CCCC1)C(=O)O. The lowest BCUT2D eigenvalue weighted by Crippen LogP contribution is -2.45. The summed E-state index contributed by atoms with van der Waals surface area (Å²) in [6, 6.07) is 0.0419. The summed E-state index contributed by atoms with van der Waals surface area (Å²) in [5, 5.41) is 14.6. The van der Waals surface area contributed by atoms with Crippen molar-refractivity contribution in [3.05, 3.63) is 0 Å². The maximum absolute atomic E-state index is 11.7. The van der Waals surface area contributed by atoms with E-state index in [0.29, 0.717) is 24.9 Å². The minimum Gasteiger partial charge on any atom is -0.481 e. The number of carboxylic acid groups (broad SMARTS) is 1. The molecule has 1 rings (SSSR count). The maximum Gasteiger partial charge on any atom is 0.314 e. The molecular weight excluding hydrogens is 270 g/mol. The van der Waals surface area contributed by atoms with Gasteiger partial charge in [-0.25, -0.2) is 4.79 Å². The lowest BCUT2D eigenvalue weighted by atomic mass is 9.97. The molecule has 6 nitrogen and oxygen atoms in total. The van der Waals surface area contributed by atoms with Crippen molar-refractivity contribution in [1.82, 2.24) is 15.5 Å². The average Bonchev–Trinajstić information content (AvgIpc) is 2.94. The molecule has 1 aliphatic heterocycles. The predicted octanol–water partition coefficient (Wildman–Crippen LogP) is 1.52. The fraction of sp³-hybridized carbons (Fsp3) is 0.867. The fourth-order valence-electron chi connectivity index (χ4n) is 2.67. The van der Waals surface area contributed by atoms with Crippen LogP contribution in [-0.2, 0) is 4.79 Å². The van der Waals surface area contributed by atoms with Crippen molar-refractivity contribution in [2.24, 2.45) is 11.8 Å². The van der Waals surface area contributed by atoms with Crippen LogP contribution in [0.3, 0.4) is 0 Å². The quantitative estimate of drug-likeness (QED) is 0.634. The predicted molar refractivity (Wildman–Crippen MR) is 82.3 cm³/mol. The number of rotatable bonds is 8. The van der Waals surface area contributed by atoms with Crippen molar-refractivity contribution in [3.63, 3.8) is 0 Å². The van der Waals surface area contributed by atoms with Crippen LogP contribution in [0.2, 0.25) is 0 Å². The number of likely N-dealkylation sites (tertiary alicyclic amines) is 1. The van der Waals surface area contributed by atoms with Crippen molar-refractivity contribution in [2.75, 3.05) is 26.2 Å². The molecule has 6 heteroatoms. The van der Waals surface area contributed by atoms with E-state index in [0.717, 1.165) is 13.1 Å². The summed E-state index contributed by atoms with van der Waals surface area (Å²) in [4.78, 5) is 25.2. The molecule has 0 aliphatic carbocycles. The summed E-state index contributed by atoms with van der Waals surface area (Å²) in [5.41, 5.74) is 0. The molecule has 0 bridgehead atoms. The maximum atomic E-state index is 11.7. The highest BCUT2D eigenvalue weighted by molar-refractivity contribution is 5.75. The van der Waals surface area contributed by atoms with Gasteiger partial charge in [0.1, 0.15) is 0 Å². The zero-order valence-corrected chi connectivity index (χ0v) is 13.4. The minimum atomic E-state index is -0.852. The van der Waals surface area contributed by atoms with Crippen LogP contribution in [-0.4, -0.2) is 54.2 Å². The van der Waals surface area contributed by atoms with Crippen LogP contribution in [0.4, 0.5) is 4.79 Å². The molecule has 122 valence electrons. The second kappa shape index (κ2) is 8.87. The molecule has 3 N–H and O–H groups in total. The van der Waals surface area contributed by atoms with Gasteiger partial charge in [-0.15, -0.1) is 0 Å². The van der Waals surface area contributed by atoms with E-state index < -0.39 is 11.9 Å². The molecular formula is C15H29N3O3. The van der Waals surface area contributed by atoms with Crippen LogP contribution in [0, 0.1) is 11.8 Å². The van der Waals surface area contributed by atoms with Gasteiger partial charge in [0.2, 0.25) is 0 Å². The largest absolute Gasteiger partial charge is 0.481 e. The fourth-order valence-corrected chi connectivity index (χ4v) is 2.67. The highest BCUT2D eigenvalue weighted by Gasteiger charge is 2.21. The summed E-state index contributed by atoms with van der Waals surface area (Å²) in [7, 11) is 0. The Balaban J connectivity index is 2.24. The second-order valence-corrected chi connectivity index (χ2v) is 6.35. The van der Waals surface area contributed by atoms with Crippen LogP contribution >= 0.6 is 0 Å². The zero-order valence-electron chi connectivity index (χ0n) is 13.4. The molecule has 2 atom stereocenters. The van der Waals surface area contributed by atoms with Gasteiger partial charge < -0.3 is 15.7 Å². The van der Waals surface area contributed by atoms with Gasteiger partial charge in [-0.05, 0) is 45.2 Å². The van der Waals surface area contributed by atoms with Gasteiger partial charge in [0.25, 0.3) is 0 Å². The van der Waals surface area contributed by atoms with Crippen molar-refractivity contribution < 1.29 is 14.7 Å². The van der Waals surface area contributed by atoms with Crippen LogP contribution in [0.1, 0.15) is 40.0 Å². The van der Waals surface area contributed by atoms with Gasteiger partial charge in [-0.2, -0.15) is 0 Å². The molecule has 0 spiro atoms. The number of aliphatic carboxylic acids is 1. The smallest absolute Gasteiger partial charge is 0.314 e. The standard InChI is InChI=1S/C15H29N3O3/c1-11(2)8-13(14(19)20)10-17-15(21)16-9-12(3)18-6-4-5-7-18/h11-13H,4-10H2,1-3H3,(H,19,20)(H2,16,17,21). The number of carbonyl (C=O) groups excluding carboxylic acids is 1. The van der Waals surface area contributed by atoms with Crippen molar-refractivity contribution >= 4 is 12.0 Å². The topological polar surface area (TPSA) is 81.7 Å². The first-order valence-electron chi connectivity index (χ1n) is 7.88. The zero-order chi connectivity index (χ0) is 15.8. The molecule has 0 radical (unpaired) electrons. The molecule has 2 amide bonds. The molecule has 21 heavy (non-hydrogen) atoms. The van der Waals surface area contributed by atoms with Crippen LogP contribution in [0.15, 0.2) is 0 Å². The first-order valence-corrected chi connectivity index (χ1v) is 7.88. The van der Waals surface area contributed by atoms with Gasteiger partial charge >= 0.3 is 12.0 Å². The molecule has 0 saturated carbocycles. The summed E-state index contributed by atoms with van der Waals surface area (Å²) in [5.74, 6) is -1.08. The molecule has 1 aliphatic rings. The van der Waals surface area contributed by atoms with E-state index in [2.05, 4.69) is 22.5 Å². The van der Waals surface area contributed by atoms with E-state index in [-0.39, 0.29) is 12.6 Å². The third-order valence-electron chi connectivity index (χ3n) is 3.94. The summed E-state index contributed by atoms with van der Waals surface area (Å²) < 4.78 is 0. The average molecular weight is 299 g/mol. The normalized spacial score (nSPS) is 18.5. The Morgan fingerprint density at radius 3 is 2.19 bits per heavy atom. The highest BCUT2D eigenvalue weighted by atomic mass is 16.4. The Morgan fingerprint density at radius 1 is 1.10 bits per heavy atom. The molecule has 2 unspecified atom stereocenters. The molecule has 0 aromatic carbocycles. The monoisotopic (exact) mass is 299 g/mol. The van der Waals surface area contributed by atoms with Gasteiger partial charge in [-0.1, -0.05) is 13.8 Å². The Kier molecular flexibility index (Phi) is 7.50. The Morgan fingerprint density at radius 2 is 1.67 bits per heavy atom. The highest BCUT2D eigenvalue weighted by Crippen LogP contribution is 2.11. The van der Waals surface area contributed by atoms with Crippen molar-refractivity contribution in [3.8, 4) is 0 Å². The number of hydrogen-bond donors (Lipinski definition) is 3. The third kappa shape index (κ3) is 6.80. The first kappa shape index (κ1) is 17.8. The lowest BCUT2D eigenvalue weighted by molar-refractivity contribution is -0.142. The van der Waals surface area contributed by atoms with Crippen LogP contribution < -0.4 is 10.6 Å². The Labute approximate surface area is 127 Å². The van der Waals surface area contributed by atoms with Crippen molar-refractivity contribution in [1.29, 1.82) is 0 Å². The molecule has 1 heterocycles. The van der Waals surface area contributed by atoms with E-state index in [9.17, 15) is 9.59 Å². The third-order valence-corrected chi connectivity index (χ3v) is 3.94. The number of amides is 2. The van der Waals surface area contributed by atoms with E-state index in [1.54, 1.807) is 0 Å². The molecule has 1 fully saturated rings. The number of nitrogens with one attached hydrogen (secondary N) is 2. The van der Waals surface area contributed by atoms with E-state index in [4.69, 9.17) is 5.11 Å². The van der Waals surface area contributed by atoms with E-state index in [1.807, 2.05) is 13.8 Å². The van der Waals surface area contributed by atoms with Crippen LogP contribution in [0.5, 0.6) is 0 Å². The van der Waals surface area contributed by atoms with Crippen LogP contribution in [0.25, 0.3) is 0 Å². The Bertz CT molecular complexity index is 341. The molecule has 0 aromatic rings. The van der Waals surface area contributed by atoms with E-state index >= 15 is 0 Å². The lowest BCUT2D eigenvalue weighted by Gasteiger charge is -2.24.